The Labute approximate surface area is 180 Å². The zero-order valence-electron chi connectivity index (χ0n) is 17.8. The molecule has 2 aliphatic rings. The number of ether oxygens (including phenoxy) is 2. The Hall–Kier alpha value is -2.75. The lowest BCUT2D eigenvalue weighted by Gasteiger charge is -2.45. The lowest BCUT2D eigenvalue weighted by Crippen LogP contribution is -2.57. The minimum absolute atomic E-state index is 0.0178. The number of aliphatic hydroxyl groups is 1. The predicted molar refractivity (Wildman–Crippen MR) is 113 cm³/mol. The summed E-state index contributed by atoms with van der Waals surface area (Å²) in [6.07, 6.45) is 1.08. The molecule has 2 aromatic rings. The molecule has 2 amide bonds. The molecule has 3 heterocycles. The van der Waals surface area contributed by atoms with Crippen molar-refractivity contribution in [3.05, 3.63) is 47.3 Å². The summed E-state index contributed by atoms with van der Waals surface area (Å²) in [7, 11) is 1.79. The number of nitrogens with one attached hydrogen (secondary N) is 1. The van der Waals surface area contributed by atoms with Crippen molar-refractivity contribution in [2.45, 2.75) is 38.0 Å². The third-order valence-electron chi connectivity index (χ3n) is 6.00. The number of hydrogen-bond acceptors (Lipinski definition) is 6. The summed E-state index contributed by atoms with van der Waals surface area (Å²) in [6, 6.07) is 8.60. The van der Waals surface area contributed by atoms with Gasteiger partial charge >= 0.3 is 0 Å². The van der Waals surface area contributed by atoms with Crippen molar-refractivity contribution in [1.29, 1.82) is 0 Å². The van der Waals surface area contributed by atoms with Gasteiger partial charge in [-0.05, 0) is 43.5 Å². The third kappa shape index (κ3) is 4.48. The van der Waals surface area contributed by atoms with Crippen molar-refractivity contribution >= 4 is 17.5 Å². The van der Waals surface area contributed by atoms with E-state index < -0.39 is 12.1 Å². The molecular formula is C22H28N4O5. The van der Waals surface area contributed by atoms with Crippen LogP contribution in [-0.4, -0.2) is 70.1 Å². The third-order valence-corrected chi connectivity index (χ3v) is 6.00. The molecule has 1 aromatic carbocycles. The molecule has 0 spiro atoms. The highest BCUT2D eigenvalue weighted by Gasteiger charge is 2.41. The number of carbonyl (C=O) groups excluding carboxylic acids is 2. The van der Waals surface area contributed by atoms with Gasteiger partial charge in [0.2, 0.25) is 5.91 Å². The molecule has 1 aromatic heterocycles. The van der Waals surface area contributed by atoms with Crippen LogP contribution in [0.25, 0.3) is 0 Å². The molecule has 4 rings (SSSR count). The van der Waals surface area contributed by atoms with Gasteiger partial charge in [0.25, 0.3) is 5.91 Å². The number of hydrogen-bond donors (Lipinski definition) is 2. The molecule has 9 nitrogen and oxygen atoms in total. The van der Waals surface area contributed by atoms with Crippen molar-refractivity contribution in [3.63, 3.8) is 0 Å². The van der Waals surface area contributed by atoms with Gasteiger partial charge in [-0.3, -0.25) is 14.3 Å². The molecule has 0 aliphatic carbocycles. The van der Waals surface area contributed by atoms with Crippen molar-refractivity contribution in [1.82, 2.24) is 14.7 Å². The van der Waals surface area contributed by atoms with Gasteiger partial charge in [-0.25, -0.2) is 0 Å². The van der Waals surface area contributed by atoms with Gasteiger partial charge in [-0.15, -0.1) is 0 Å². The van der Waals surface area contributed by atoms with Crippen LogP contribution in [0, 0.1) is 6.92 Å². The molecule has 9 heteroatoms. The summed E-state index contributed by atoms with van der Waals surface area (Å²) < 4.78 is 12.9. The molecule has 2 saturated heterocycles. The highest BCUT2D eigenvalue weighted by Crippen LogP contribution is 2.33. The van der Waals surface area contributed by atoms with Crippen LogP contribution in [0.2, 0.25) is 0 Å². The van der Waals surface area contributed by atoms with E-state index in [2.05, 4.69) is 10.4 Å². The highest BCUT2D eigenvalue weighted by atomic mass is 16.5. The number of nitrogens with zero attached hydrogens (tertiary/aromatic N) is 3. The number of aliphatic hydroxyl groups excluding tert-OH is 1. The molecule has 0 saturated carbocycles. The SMILES string of the molecule is Cc1cc(C(=O)Nc2ccc([C@H]3OCC(=O)N(C4CCOCC4)[C@@H]3CO)cc2)nn1C. The Balaban J connectivity index is 1.48. The standard InChI is InChI=1S/C22H28N4O5/c1-14-11-18(24-25(14)2)22(29)23-16-5-3-15(4-6-16)21-19(12-27)26(20(28)13-31-21)17-7-9-30-10-8-17/h3-6,11,17,19,21,27H,7-10,12-13H2,1-2H3,(H,23,29)/t19-,21-/m1/s1. The van der Waals surface area contributed by atoms with Crippen molar-refractivity contribution in [2.24, 2.45) is 7.05 Å². The summed E-state index contributed by atoms with van der Waals surface area (Å²) in [5.74, 6) is -0.383. The van der Waals surface area contributed by atoms with Gasteiger partial charge < -0.3 is 24.8 Å². The maximum absolute atomic E-state index is 12.6. The topological polar surface area (TPSA) is 106 Å². The number of aromatic nitrogens is 2. The second kappa shape index (κ2) is 9.17. The number of anilines is 1. The molecule has 2 N–H and O–H groups in total. The van der Waals surface area contributed by atoms with Crippen LogP contribution in [0.15, 0.2) is 30.3 Å². The zero-order valence-corrected chi connectivity index (χ0v) is 17.8. The fourth-order valence-electron chi connectivity index (χ4n) is 4.24. The van der Waals surface area contributed by atoms with E-state index in [4.69, 9.17) is 9.47 Å². The van der Waals surface area contributed by atoms with Crippen LogP contribution in [0.5, 0.6) is 0 Å². The number of aryl methyl sites for hydroxylation is 2. The Morgan fingerprint density at radius 2 is 1.97 bits per heavy atom. The number of rotatable bonds is 5. The van der Waals surface area contributed by atoms with E-state index in [0.29, 0.717) is 24.6 Å². The zero-order chi connectivity index (χ0) is 22.0. The van der Waals surface area contributed by atoms with Crippen LogP contribution in [0.3, 0.4) is 0 Å². The first-order valence-corrected chi connectivity index (χ1v) is 10.5. The second-order valence-corrected chi connectivity index (χ2v) is 8.00. The Morgan fingerprint density at radius 1 is 1.26 bits per heavy atom. The smallest absolute Gasteiger partial charge is 0.276 e. The molecule has 2 aliphatic heterocycles. The molecule has 31 heavy (non-hydrogen) atoms. The van der Waals surface area contributed by atoms with Crippen molar-refractivity contribution in [2.75, 3.05) is 31.7 Å². The van der Waals surface area contributed by atoms with E-state index >= 15 is 0 Å². The van der Waals surface area contributed by atoms with E-state index in [0.717, 1.165) is 24.1 Å². The Morgan fingerprint density at radius 3 is 2.58 bits per heavy atom. The van der Waals surface area contributed by atoms with Crippen LogP contribution in [0.1, 0.15) is 40.7 Å². The molecule has 0 radical (unpaired) electrons. The average molecular weight is 428 g/mol. The van der Waals surface area contributed by atoms with Crippen LogP contribution < -0.4 is 5.32 Å². The molecule has 166 valence electrons. The number of carbonyl (C=O) groups is 2. The second-order valence-electron chi connectivity index (χ2n) is 8.00. The van der Waals surface area contributed by atoms with Gasteiger partial charge in [0, 0.05) is 37.7 Å². The normalized spacial score (nSPS) is 22.5. The van der Waals surface area contributed by atoms with Gasteiger partial charge in [-0.1, -0.05) is 12.1 Å². The Bertz CT molecular complexity index is 916. The minimum atomic E-state index is -0.457. The molecule has 2 fully saturated rings. The van der Waals surface area contributed by atoms with Gasteiger partial charge in [0.1, 0.15) is 12.7 Å². The summed E-state index contributed by atoms with van der Waals surface area (Å²) in [4.78, 5) is 26.8. The van der Waals surface area contributed by atoms with Crippen molar-refractivity contribution in [3.8, 4) is 0 Å². The molecule has 0 bridgehead atoms. The lowest BCUT2D eigenvalue weighted by atomic mass is 9.95. The fourth-order valence-corrected chi connectivity index (χ4v) is 4.24. The van der Waals surface area contributed by atoms with Crippen molar-refractivity contribution < 1.29 is 24.2 Å². The van der Waals surface area contributed by atoms with Crippen LogP contribution in [-0.2, 0) is 21.3 Å². The number of morpholine rings is 1. The summed E-state index contributed by atoms with van der Waals surface area (Å²) in [6.45, 7) is 2.90. The van der Waals surface area contributed by atoms with E-state index in [1.165, 1.54) is 0 Å². The predicted octanol–water partition coefficient (Wildman–Crippen LogP) is 1.42. The monoisotopic (exact) mass is 428 g/mol. The van der Waals surface area contributed by atoms with Crippen LogP contribution in [0.4, 0.5) is 5.69 Å². The average Bonchev–Trinajstić information content (AvgIpc) is 3.13. The first-order valence-electron chi connectivity index (χ1n) is 10.5. The minimum Gasteiger partial charge on any atom is -0.394 e. The van der Waals surface area contributed by atoms with Gasteiger partial charge in [0.15, 0.2) is 5.69 Å². The maximum atomic E-state index is 12.6. The van der Waals surface area contributed by atoms with E-state index in [-0.39, 0.29) is 31.1 Å². The summed E-state index contributed by atoms with van der Waals surface area (Å²) in [5, 5.41) is 17.1. The Kier molecular flexibility index (Phi) is 6.35. The number of amides is 2. The summed E-state index contributed by atoms with van der Waals surface area (Å²) in [5.41, 5.74) is 2.72. The van der Waals surface area contributed by atoms with Gasteiger partial charge in [-0.2, -0.15) is 5.10 Å². The largest absolute Gasteiger partial charge is 0.394 e. The molecule has 0 unspecified atom stereocenters. The quantitative estimate of drug-likeness (QED) is 0.746. The molecular weight excluding hydrogens is 400 g/mol. The van der Waals surface area contributed by atoms with E-state index in [1.807, 2.05) is 19.1 Å². The van der Waals surface area contributed by atoms with Gasteiger partial charge in [0.05, 0.1) is 12.6 Å². The highest BCUT2D eigenvalue weighted by molar-refractivity contribution is 6.02. The lowest BCUT2D eigenvalue weighted by molar-refractivity contribution is -0.168. The summed E-state index contributed by atoms with van der Waals surface area (Å²) >= 11 is 0. The first-order chi connectivity index (χ1) is 15.0. The van der Waals surface area contributed by atoms with Crippen LogP contribution >= 0.6 is 0 Å². The maximum Gasteiger partial charge on any atom is 0.276 e. The fraction of sp³-hybridized carbons (Fsp3) is 0.500. The van der Waals surface area contributed by atoms with E-state index in [1.54, 1.807) is 34.8 Å². The number of benzene rings is 1. The van der Waals surface area contributed by atoms with E-state index in [9.17, 15) is 14.7 Å². The first kappa shape index (κ1) is 21.5. The molecule has 2 atom stereocenters.